The van der Waals surface area contributed by atoms with Crippen LogP contribution >= 0.6 is 0 Å². The van der Waals surface area contributed by atoms with E-state index in [1.54, 1.807) is 6.07 Å². The number of hydrogen-bond acceptors (Lipinski definition) is 2. The van der Waals surface area contributed by atoms with Gasteiger partial charge in [0, 0.05) is 13.2 Å². The first kappa shape index (κ1) is 23.0. The van der Waals surface area contributed by atoms with Crippen molar-refractivity contribution in [3.8, 4) is 5.75 Å². The number of ether oxygens (including phenoxy) is 1. The fraction of sp³-hybridized carbons (Fsp3) is 0.600. The second-order valence-electron chi connectivity index (χ2n) is 4.93. The first-order valence-electron chi connectivity index (χ1n) is 8.60. The van der Waals surface area contributed by atoms with Crippen LogP contribution in [0.15, 0.2) is 37.4 Å². The Morgan fingerprint density at radius 3 is 1.91 bits per heavy atom. The second kappa shape index (κ2) is 19.7. The van der Waals surface area contributed by atoms with Gasteiger partial charge < -0.3 is 9.84 Å². The van der Waals surface area contributed by atoms with Crippen LogP contribution < -0.4 is 0 Å². The highest BCUT2D eigenvalue weighted by Crippen LogP contribution is 2.18. The minimum atomic E-state index is 0.450. The molecule has 1 N–H and O–H groups in total. The Bertz CT molecular complexity index is 321. The Balaban J connectivity index is 0. The predicted octanol–water partition coefficient (Wildman–Crippen LogP) is 6.14. The lowest BCUT2D eigenvalue weighted by atomic mass is 10.0. The number of aromatic hydroxyl groups is 1. The first-order valence-corrected chi connectivity index (χ1v) is 8.60. The monoisotopic (exact) mass is 308 g/mol. The highest BCUT2D eigenvalue weighted by Gasteiger charge is 1.98. The summed E-state index contributed by atoms with van der Waals surface area (Å²) in [6.45, 7) is 13.9. The molecule has 0 bridgehead atoms. The normalized spacial score (nSPS) is 9.23. The number of aryl methyl sites for hydroxylation is 1. The van der Waals surface area contributed by atoms with Gasteiger partial charge in [0.15, 0.2) is 0 Å². The number of rotatable bonds is 9. The third-order valence-electron chi connectivity index (χ3n) is 3.20. The molecule has 1 aromatic rings. The fourth-order valence-electron chi connectivity index (χ4n) is 2.02. The molecule has 0 atom stereocenters. The zero-order chi connectivity index (χ0) is 17.1. The maximum atomic E-state index is 9.55. The van der Waals surface area contributed by atoms with E-state index in [-0.39, 0.29) is 0 Å². The Kier molecular flexibility index (Phi) is 20.6. The van der Waals surface area contributed by atoms with E-state index in [4.69, 9.17) is 4.74 Å². The summed E-state index contributed by atoms with van der Waals surface area (Å²) in [4.78, 5) is 0. The third-order valence-corrected chi connectivity index (χ3v) is 3.20. The molecule has 0 aromatic heterocycles. The van der Waals surface area contributed by atoms with Crippen molar-refractivity contribution in [3.05, 3.63) is 43.0 Å². The predicted molar refractivity (Wildman–Crippen MR) is 98.6 cm³/mol. The molecule has 1 aromatic carbocycles. The molecule has 0 fully saturated rings. The Morgan fingerprint density at radius 1 is 0.864 bits per heavy atom. The van der Waals surface area contributed by atoms with E-state index in [9.17, 15) is 5.11 Å². The molecule has 0 unspecified atom stereocenters. The van der Waals surface area contributed by atoms with Crippen LogP contribution in [-0.4, -0.2) is 18.3 Å². The third kappa shape index (κ3) is 15.1. The summed E-state index contributed by atoms with van der Waals surface area (Å²) in [6, 6.07) is 7.65. The number of unbranched alkanes of at least 4 members (excludes halogenated alkanes) is 5. The molecule has 128 valence electrons. The van der Waals surface area contributed by atoms with Gasteiger partial charge in [0.25, 0.3) is 0 Å². The summed E-state index contributed by atoms with van der Waals surface area (Å²) in [7, 11) is 0. The van der Waals surface area contributed by atoms with E-state index < -0.39 is 0 Å². The Labute approximate surface area is 138 Å². The smallest absolute Gasteiger partial charge is 0.118 e. The lowest BCUT2D eigenvalue weighted by Crippen LogP contribution is -1.86. The number of phenols is 1. The molecule has 0 spiro atoms. The average Bonchev–Trinajstić information content (AvgIpc) is 2.56. The molecular weight excluding hydrogens is 272 g/mol. The van der Waals surface area contributed by atoms with Gasteiger partial charge in [-0.05, 0) is 38.3 Å². The van der Waals surface area contributed by atoms with Gasteiger partial charge in [-0.1, -0.05) is 57.2 Å². The summed E-state index contributed by atoms with van der Waals surface area (Å²) >= 11 is 0. The Morgan fingerprint density at radius 2 is 1.41 bits per heavy atom. The summed E-state index contributed by atoms with van der Waals surface area (Å²) < 4.78 is 4.83. The van der Waals surface area contributed by atoms with Crippen molar-refractivity contribution in [2.45, 2.75) is 65.7 Å². The van der Waals surface area contributed by atoms with E-state index in [1.807, 2.05) is 32.0 Å². The zero-order valence-electron chi connectivity index (χ0n) is 14.9. The van der Waals surface area contributed by atoms with Crippen molar-refractivity contribution < 1.29 is 9.84 Å². The van der Waals surface area contributed by atoms with Crippen molar-refractivity contribution in [2.75, 3.05) is 13.2 Å². The molecule has 0 saturated heterocycles. The quantitative estimate of drug-likeness (QED) is 0.438. The highest BCUT2D eigenvalue weighted by atomic mass is 16.5. The zero-order valence-corrected chi connectivity index (χ0v) is 14.9. The number of benzene rings is 1. The standard InChI is InChI=1S/C14H22O.C4H10O.C2H4/c1-2-3-4-5-6-7-10-13-11-8-9-12-14(13)15;1-3-5-4-2;1-2/h8-9,11-12,15H,2-7,10H2,1H3;3-4H2,1-2H3;1-2H2. The number of phenolic OH excluding ortho intramolecular Hbond substituents is 1. The van der Waals surface area contributed by atoms with Crippen LogP contribution in [-0.2, 0) is 11.2 Å². The molecule has 0 aliphatic heterocycles. The minimum absolute atomic E-state index is 0.450. The largest absolute Gasteiger partial charge is 0.508 e. The van der Waals surface area contributed by atoms with E-state index in [0.29, 0.717) is 5.75 Å². The van der Waals surface area contributed by atoms with E-state index in [2.05, 4.69) is 20.1 Å². The van der Waals surface area contributed by atoms with Gasteiger partial charge in [0.1, 0.15) is 5.75 Å². The maximum absolute atomic E-state index is 9.55. The molecule has 0 heterocycles. The van der Waals surface area contributed by atoms with Crippen LogP contribution in [0.2, 0.25) is 0 Å². The van der Waals surface area contributed by atoms with Crippen LogP contribution in [0.3, 0.4) is 0 Å². The van der Waals surface area contributed by atoms with Crippen LogP contribution in [0, 0.1) is 0 Å². The SMILES string of the molecule is C=C.CCCCCCCCc1ccccc1O.CCOCC. The maximum Gasteiger partial charge on any atom is 0.118 e. The molecule has 2 heteroatoms. The summed E-state index contributed by atoms with van der Waals surface area (Å²) in [5.74, 6) is 0.450. The van der Waals surface area contributed by atoms with Gasteiger partial charge in [-0.3, -0.25) is 0 Å². The number of hydrogen-bond donors (Lipinski definition) is 1. The summed E-state index contributed by atoms with van der Waals surface area (Å²) in [5, 5.41) is 9.55. The molecule has 0 aliphatic rings. The van der Waals surface area contributed by atoms with Crippen LogP contribution in [0.4, 0.5) is 0 Å². The van der Waals surface area contributed by atoms with Gasteiger partial charge in [-0.2, -0.15) is 0 Å². The molecule has 0 aliphatic carbocycles. The van der Waals surface area contributed by atoms with Crippen LogP contribution in [0.1, 0.15) is 64.9 Å². The minimum Gasteiger partial charge on any atom is -0.508 e. The van der Waals surface area contributed by atoms with Crippen molar-refractivity contribution in [3.63, 3.8) is 0 Å². The molecule has 0 amide bonds. The van der Waals surface area contributed by atoms with Gasteiger partial charge in [0.2, 0.25) is 0 Å². The van der Waals surface area contributed by atoms with Gasteiger partial charge in [0.05, 0.1) is 0 Å². The summed E-state index contributed by atoms with van der Waals surface area (Å²) in [6.07, 6.45) is 8.85. The Hall–Kier alpha value is -1.28. The molecule has 2 nitrogen and oxygen atoms in total. The first-order chi connectivity index (χ1) is 10.8. The average molecular weight is 309 g/mol. The lowest BCUT2D eigenvalue weighted by molar-refractivity contribution is 0.162. The fourth-order valence-corrected chi connectivity index (χ4v) is 2.02. The van der Waals surface area contributed by atoms with E-state index in [1.165, 1.54) is 38.5 Å². The van der Waals surface area contributed by atoms with Crippen molar-refractivity contribution >= 4 is 0 Å². The van der Waals surface area contributed by atoms with E-state index in [0.717, 1.165) is 25.2 Å². The van der Waals surface area contributed by atoms with Crippen LogP contribution in [0.5, 0.6) is 5.75 Å². The number of para-hydroxylation sites is 1. The van der Waals surface area contributed by atoms with Crippen molar-refractivity contribution in [1.29, 1.82) is 0 Å². The van der Waals surface area contributed by atoms with Crippen LogP contribution in [0.25, 0.3) is 0 Å². The van der Waals surface area contributed by atoms with Crippen molar-refractivity contribution in [2.24, 2.45) is 0 Å². The molecule has 22 heavy (non-hydrogen) atoms. The highest BCUT2D eigenvalue weighted by molar-refractivity contribution is 5.31. The molecule has 1 rings (SSSR count). The molecule has 0 saturated carbocycles. The topological polar surface area (TPSA) is 29.5 Å². The van der Waals surface area contributed by atoms with Gasteiger partial charge in [-0.25, -0.2) is 0 Å². The van der Waals surface area contributed by atoms with Crippen molar-refractivity contribution in [1.82, 2.24) is 0 Å². The van der Waals surface area contributed by atoms with E-state index >= 15 is 0 Å². The second-order valence-corrected chi connectivity index (χ2v) is 4.93. The summed E-state index contributed by atoms with van der Waals surface area (Å²) in [5.41, 5.74) is 1.09. The lowest BCUT2D eigenvalue weighted by Gasteiger charge is -2.03. The molecule has 0 radical (unpaired) electrons. The van der Waals surface area contributed by atoms with Gasteiger partial charge in [-0.15, -0.1) is 13.2 Å². The van der Waals surface area contributed by atoms with Gasteiger partial charge >= 0.3 is 0 Å². The molecular formula is C20H36O2.